The van der Waals surface area contributed by atoms with Crippen LogP contribution >= 0.6 is 35.7 Å². The van der Waals surface area contributed by atoms with Gasteiger partial charge in [0.15, 0.2) is 16.8 Å². The van der Waals surface area contributed by atoms with Crippen LogP contribution in [-0.2, 0) is 45.8 Å². The number of ether oxygens (including phenoxy) is 3. The molecule has 0 aromatic carbocycles. The van der Waals surface area contributed by atoms with E-state index < -0.39 is 67.1 Å². The number of carbonyl (C=O) groups is 1. The predicted octanol–water partition coefficient (Wildman–Crippen LogP) is 0.141. The van der Waals surface area contributed by atoms with Gasteiger partial charge in [-0.05, 0) is 6.07 Å². The van der Waals surface area contributed by atoms with E-state index in [9.17, 15) is 28.3 Å². The first-order valence-corrected chi connectivity index (χ1v) is 16.4. The summed E-state index contributed by atoms with van der Waals surface area (Å²) in [5.74, 6) is -0.773. The second-order valence-corrected chi connectivity index (χ2v) is 13.1. The molecule has 6 atom stereocenters. The lowest BCUT2D eigenvalue weighted by atomic mass is 10.1. The van der Waals surface area contributed by atoms with Crippen LogP contribution in [0.25, 0.3) is 11.2 Å². The molecule has 26 heteroatoms. The van der Waals surface area contributed by atoms with E-state index in [1.807, 2.05) is 0 Å². The lowest BCUT2D eigenvalue weighted by molar-refractivity contribution is -0.127. The molecule has 0 radical (unpaired) electrons. The lowest BCUT2D eigenvalue weighted by Crippen LogP contribution is -2.39. The first-order valence-electron chi connectivity index (χ1n) is 11.4. The minimum Gasteiger partial charge on any atom is -0.374 e. The van der Waals surface area contributed by atoms with Gasteiger partial charge in [0.05, 0.1) is 12.9 Å². The fraction of sp³-hybridized carbons (Fsp3) is 0.412. The standard InChI is InChI=1S/C17H23N8O14P3S/c1-34-12-11(35-6-9(26)22-17-19-3-2-4-20-17)8(5-36-41(30,31)39-42(32,33)38-40(27,28)29)37-15(12)25-7-21-10-13(25)23-16(18)24-14(10)43/h2-4,7-8,11-12,15H,5-6H2,1H3,(H,30,31)(H,32,33)(H2,27,28,29)(H3,18,23,24,43)(H,19,20,22,26). The zero-order valence-corrected chi connectivity index (χ0v) is 25.0. The van der Waals surface area contributed by atoms with Crippen molar-refractivity contribution in [1.29, 1.82) is 0 Å². The topological polar surface area (TPSA) is 315 Å². The first kappa shape index (κ1) is 33.3. The Morgan fingerprint density at radius 2 is 1.84 bits per heavy atom. The lowest BCUT2D eigenvalue weighted by Gasteiger charge is -2.24. The molecule has 236 valence electrons. The number of nitrogens with zero attached hydrogens (tertiary/aromatic N) is 5. The number of amides is 1. The van der Waals surface area contributed by atoms with E-state index in [2.05, 4.69) is 38.9 Å². The summed E-state index contributed by atoms with van der Waals surface area (Å²) in [6.45, 7) is -1.55. The summed E-state index contributed by atoms with van der Waals surface area (Å²) in [4.78, 5) is 67.9. The summed E-state index contributed by atoms with van der Waals surface area (Å²) >= 11 is 5.18. The van der Waals surface area contributed by atoms with E-state index in [0.717, 1.165) is 0 Å². The van der Waals surface area contributed by atoms with Gasteiger partial charge >= 0.3 is 23.5 Å². The number of carbonyl (C=O) groups excluding carboxylic acids is 1. The fourth-order valence-corrected chi connectivity index (χ4v) is 7.11. The number of hydrogen-bond acceptors (Lipinski definition) is 16. The van der Waals surface area contributed by atoms with E-state index in [1.54, 1.807) is 0 Å². The highest BCUT2D eigenvalue weighted by Crippen LogP contribution is 2.66. The van der Waals surface area contributed by atoms with Crippen LogP contribution < -0.4 is 11.1 Å². The average Bonchev–Trinajstić information content (AvgIpc) is 3.45. The second-order valence-electron chi connectivity index (χ2n) is 8.32. The SMILES string of the molecule is COC1C(OCC(=O)Nc2ncccn2)C(COP(=O)(O)OP(=O)(O)OP(=O)(O)O)OC1n1cnc2c(=S)nc(N)[nH]c21. The van der Waals surface area contributed by atoms with Gasteiger partial charge in [-0.3, -0.25) is 19.2 Å². The Labute approximate surface area is 245 Å². The number of aromatic amines is 1. The molecule has 43 heavy (non-hydrogen) atoms. The maximum absolute atomic E-state index is 12.5. The number of H-pyrrole nitrogens is 1. The Morgan fingerprint density at radius 1 is 1.14 bits per heavy atom. The molecule has 22 nitrogen and oxygen atoms in total. The predicted molar refractivity (Wildman–Crippen MR) is 142 cm³/mol. The number of methoxy groups -OCH3 is 1. The van der Waals surface area contributed by atoms with Gasteiger partial charge in [-0.2, -0.15) is 8.62 Å². The molecule has 0 aliphatic carbocycles. The quantitative estimate of drug-likeness (QED) is 0.0927. The van der Waals surface area contributed by atoms with Crippen LogP contribution in [0.1, 0.15) is 6.23 Å². The van der Waals surface area contributed by atoms with Crippen molar-refractivity contribution in [2.75, 3.05) is 31.4 Å². The number of phosphoric acid groups is 3. The molecule has 1 amide bonds. The molecule has 1 fully saturated rings. The number of hydrogen-bond donors (Lipinski definition) is 7. The van der Waals surface area contributed by atoms with Crippen molar-refractivity contribution in [3.8, 4) is 0 Å². The summed E-state index contributed by atoms with van der Waals surface area (Å²) in [5, 5.41) is 2.40. The maximum Gasteiger partial charge on any atom is 0.490 e. The van der Waals surface area contributed by atoms with Gasteiger partial charge in [-0.25, -0.2) is 33.6 Å². The highest BCUT2D eigenvalue weighted by atomic mass is 32.1. The molecular formula is C17H23N8O14P3S. The molecule has 6 unspecified atom stereocenters. The number of anilines is 2. The number of fused-ring (bicyclic) bond motifs is 1. The number of nitrogens with one attached hydrogen (secondary N) is 2. The van der Waals surface area contributed by atoms with Crippen LogP contribution in [0.4, 0.5) is 11.9 Å². The minimum absolute atomic E-state index is 0.0181. The van der Waals surface area contributed by atoms with Gasteiger partial charge in [0, 0.05) is 19.5 Å². The van der Waals surface area contributed by atoms with Crippen molar-refractivity contribution in [3.63, 3.8) is 0 Å². The van der Waals surface area contributed by atoms with Gasteiger partial charge in [0.1, 0.15) is 36.1 Å². The van der Waals surface area contributed by atoms with Gasteiger partial charge in [-0.1, -0.05) is 12.2 Å². The summed E-state index contributed by atoms with van der Waals surface area (Å²) in [6.07, 6.45) is -0.740. The van der Waals surface area contributed by atoms with E-state index in [1.165, 1.54) is 36.5 Å². The average molecular weight is 688 g/mol. The molecule has 0 spiro atoms. The number of phosphoric ester groups is 1. The van der Waals surface area contributed by atoms with Crippen molar-refractivity contribution in [1.82, 2.24) is 29.5 Å². The fourth-order valence-electron chi connectivity index (χ4n) is 3.83. The third-order valence-corrected chi connectivity index (χ3v) is 9.43. The van der Waals surface area contributed by atoms with Crippen LogP contribution in [-0.4, -0.2) is 93.6 Å². The Balaban J connectivity index is 1.57. The molecule has 3 aromatic heterocycles. The third kappa shape index (κ3) is 8.75. The third-order valence-electron chi connectivity index (χ3n) is 5.34. The van der Waals surface area contributed by atoms with Crippen LogP contribution in [0.2, 0.25) is 0 Å². The van der Waals surface area contributed by atoms with Gasteiger partial charge in [0.25, 0.3) is 5.91 Å². The number of rotatable bonds is 13. The van der Waals surface area contributed by atoms with E-state index in [-0.39, 0.29) is 27.7 Å². The molecule has 0 bridgehead atoms. The number of nitrogens with two attached hydrogens (primary N) is 1. The number of aromatic nitrogens is 6. The molecule has 0 saturated carbocycles. The second kappa shape index (κ2) is 13.2. The zero-order valence-electron chi connectivity index (χ0n) is 21.5. The molecular weight excluding hydrogens is 665 g/mol. The Morgan fingerprint density at radius 3 is 2.49 bits per heavy atom. The minimum atomic E-state index is -5.78. The van der Waals surface area contributed by atoms with Crippen LogP contribution in [0, 0.1) is 4.64 Å². The largest absolute Gasteiger partial charge is 0.490 e. The van der Waals surface area contributed by atoms with Crippen LogP contribution in [0.3, 0.4) is 0 Å². The zero-order chi connectivity index (χ0) is 31.6. The number of imidazole rings is 1. The maximum atomic E-state index is 12.5. The molecule has 3 aromatic rings. The molecule has 1 saturated heterocycles. The normalized spacial score (nSPS) is 23.6. The Kier molecular flexibility index (Phi) is 10.2. The highest BCUT2D eigenvalue weighted by molar-refractivity contribution is 7.71. The van der Waals surface area contributed by atoms with Crippen molar-refractivity contribution < 1.29 is 65.4 Å². The number of nitrogen functional groups attached to an aromatic ring is 1. The Bertz CT molecular complexity index is 1670. The summed E-state index contributed by atoms with van der Waals surface area (Å²) < 4.78 is 65.9. The monoisotopic (exact) mass is 688 g/mol. The molecule has 4 rings (SSSR count). The van der Waals surface area contributed by atoms with Gasteiger partial charge in [0.2, 0.25) is 5.95 Å². The van der Waals surface area contributed by atoms with Crippen molar-refractivity contribution >= 4 is 64.7 Å². The summed E-state index contributed by atoms with van der Waals surface area (Å²) in [5.41, 5.74) is 6.26. The van der Waals surface area contributed by atoms with E-state index in [4.69, 9.17) is 46.5 Å². The highest BCUT2D eigenvalue weighted by Gasteiger charge is 2.49. The summed E-state index contributed by atoms with van der Waals surface area (Å²) in [7, 11) is -15.7. The molecule has 1 aliphatic rings. The van der Waals surface area contributed by atoms with Crippen molar-refractivity contribution in [2.24, 2.45) is 0 Å². The van der Waals surface area contributed by atoms with E-state index >= 15 is 0 Å². The smallest absolute Gasteiger partial charge is 0.374 e. The Hall–Kier alpha value is -2.59. The summed E-state index contributed by atoms with van der Waals surface area (Å²) in [6, 6.07) is 1.53. The van der Waals surface area contributed by atoms with Crippen LogP contribution in [0.5, 0.6) is 0 Å². The van der Waals surface area contributed by atoms with E-state index in [0.29, 0.717) is 0 Å². The molecule has 1 aliphatic heterocycles. The molecule has 8 N–H and O–H groups in total. The molecule has 4 heterocycles. The first-order chi connectivity index (χ1) is 20.1. The van der Waals surface area contributed by atoms with Crippen molar-refractivity contribution in [2.45, 2.75) is 24.5 Å². The van der Waals surface area contributed by atoms with Crippen LogP contribution in [0.15, 0.2) is 24.8 Å². The van der Waals surface area contributed by atoms with Gasteiger partial charge < -0.3 is 44.5 Å². The van der Waals surface area contributed by atoms with Gasteiger partial charge in [-0.15, -0.1) is 0 Å². The van der Waals surface area contributed by atoms with Crippen molar-refractivity contribution in [3.05, 3.63) is 29.4 Å².